The molecule has 0 radical (unpaired) electrons. The standard InChI is InChI=1S/C15H20N6O2/c1-20-8-11(12(19-20)9-4-5-9)14(22)21-6-2-3-10(7-21)13-16-15(23)18-17-13/h8-10H,2-7H2,1H3,(H2,16,17,18,23)/t10-/m1/s1. The Hall–Kier alpha value is -2.38. The average molecular weight is 316 g/mol. The molecule has 2 N–H and O–H groups in total. The van der Waals surface area contributed by atoms with Crippen LogP contribution in [0.3, 0.4) is 0 Å². The predicted octanol–water partition coefficient (Wildman–Crippen LogP) is 0.729. The molecule has 8 nitrogen and oxygen atoms in total. The summed E-state index contributed by atoms with van der Waals surface area (Å²) in [5.41, 5.74) is 1.37. The van der Waals surface area contributed by atoms with Gasteiger partial charge in [-0.1, -0.05) is 0 Å². The fraction of sp³-hybridized carbons (Fsp3) is 0.600. The van der Waals surface area contributed by atoms with Gasteiger partial charge in [0.25, 0.3) is 5.91 Å². The van der Waals surface area contributed by atoms with Crippen molar-refractivity contribution in [2.75, 3.05) is 13.1 Å². The molecular weight excluding hydrogens is 296 g/mol. The molecule has 23 heavy (non-hydrogen) atoms. The van der Waals surface area contributed by atoms with Crippen molar-refractivity contribution in [3.05, 3.63) is 33.8 Å². The summed E-state index contributed by atoms with van der Waals surface area (Å²) in [5.74, 6) is 1.20. The number of piperidine rings is 1. The van der Waals surface area contributed by atoms with Gasteiger partial charge in [0, 0.05) is 38.2 Å². The first-order valence-corrected chi connectivity index (χ1v) is 8.09. The zero-order valence-corrected chi connectivity index (χ0v) is 13.1. The summed E-state index contributed by atoms with van der Waals surface area (Å²) < 4.78 is 1.73. The molecule has 2 fully saturated rings. The van der Waals surface area contributed by atoms with Crippen LogP contribution in [0.5, 0.6) is 0 Å². The van der Waals surface area contributed by atoms with Crippen molar-refractivity contribution in [1.29, 1.82) is 0 Å². The third kappa shape index (κ3) is 2.69. The number of nitrogens with zero attached hydrogens (tertiary/aromatic N) is 4. The van der Waals surface area contributed by atoms with Crippen molar-refractivity contribution in [3.8, 4) is 0 Å². The third-order valence-corrected chi connectivity index (χ3v) is 4.67. The van der Waals surface area contributed by atoms with Gasteiger partial charge < -0.3 is 4.90 Å². The molecule has 1 atom stereocenters. The van der Waals surface area contributed by atoms with E-state index in [4.69, 9.17) is 0 Å². The third-order valence-electron chi connectivity index (χ3n) is 4.67. The predicted molar refractivity (Wildman–Crippen MR) is 82.3 cm³/mol. The molecule has 8 heteroatoms. The number of rotatable bonds is 3. The first kappa shape index (κ1) is 14.2. The highest BCUT2D eigenvalue weighted by Gasteiger charge is 2.34. The molecule has 1 saturated heterocycles. The Balaban J connectivity index is 1.55. The van der Waals surface area contributed by atoms with Crippen LogP contribution in [0, 0.1) is 0 Å². The molecule has 0 spiro atoms. The number of aromatic nitrogens is 5. The number of aromatic amines is 2. The number of hydrogen-bond donors (Lipinski definition) is 2. The molecule has 0 unspecified atom stereocenters. The maximum atomic E-state index is 12.9. The van der Waals surface area contributed by atoms with Gasteiger partial charge in [0.2, 0.25) is 0 Å². The van der Waals surface area contributed by atoms with Gasteiger partial charge >= 0.3 is 5.69 Å². The fourth-order valence-electron chi connectivity index (χ4n) is 3.36. The first-order valence-electron chi connectivity index (χ1n) is 8.09. The molecule has 0 bridgehead atoms. The number of hydrogen-bond acceptors (Lipinski definition) is 4. The minimum Gasteiger partial charge on any atom is -0.338 e. The molecular formula is C15H20N6O2. The number of carbonyl (C=O) groups excluding carboxylic acids is 1. The number of carbonyl (C=O) groups is 1. The second-order valence-corrected chi connectivity index (χ2v) is 6.53. The summed E-state index contributed by atoms with van der Waals surface area (Å²) in [4.78, 5) is 28.7. The van der Waals surface area contributed by atoms with E-state index in [0.717, 1.165) is 43.5 Å². The normalized spacial score (nSPS) is 21.6. The summed E-state index contributed by atoms with van der Waals surface area (Å²) in [6.07, 6.45) is 5.90. The largest absolute Gasteiger partial charge is 0.340 e. The van der Waals surface area contributed by atoms with E-state index in [0.29, 0.717) is 18.3 Å². The number of H-pyrrole nitrogens is 2. The number of aryl methyl sites for hydroxylation is 1. The van der Waals surface area contributed by atoms with Crippen molar-refractivity contribution in [3.63, 3.8) is 0 Å². The molecule has 122 valence electrons. The molecule has 2 aliphatic rings. The Bertz CT molecular complexity index is 784. The zero-order valence-electron chi connectivity index (χ0n) is 13.1. The van der Waals surface area contributed by atoms with Crippen molar-refractivity contribution < 1.29 is 4.79 Å². The maximum Gasteiger partial charge on any atom is 0.340 e. The van der Waals surface area contributed by atoms with Crippen LogP contribution in [0.25, 0.3) is 0 Å². The van der Waals surface area contributed by atoms with E-state index >= 15 is 0 Å². The van der Waals surface area contributed by atoms with E-state index < -0.39 is 0 Å². The second-order valence-electron chi connectivity index (χ2n) is 6.53. The van der Waals surface area contributed by atoms with E-state index in [-0.39, 0.29) is 17.5 Å². The van der Waals surface area contributed by atoms with E-state index in [1.165, 1.54) is 0 Å². The van der Waals surface area contributed by atoms with E-state index in [1.807, 2.05) is 18.1 Å². The van der Waals surface area contributed by atoms with Crippen LogP contribution >= 0.6 is 0 Å². The van der Waals surface area contributed by atoms with Gasteiger partial charge in [0.05, 0.1) is 11.3 Å². The Labute approximate surface area is 132 Å². The molecule has 3 heterocycles. The molecule has 4 rings (SSSR count). The average Bonchev–Trinajstić information content (AvgIpc) is 3.19. The Morgan fingerprint density at radius 2 is 2.13 bits per heavy atom. The van der Waals surface area contributed by atoms with Crippen LogP contribution in [-0.2, 0) is 7.05 Å². The number of nitrogens with one attached hydrogen (secondary N) is 2. The van der Waals surface area contributed by atoms with Gasteiger partial charge in [-0.25, -0.2) is 9.89 Å². The maximum absolute atomic E-state index is 12.9. The number of amides is 1. The lowest BCUT2D eigenvalue weighted by Gasteiger charge is -2.31. The van der Waals surface area contributed by atoms with E-state index in [9.17, 15) is 9.59 Å². The molecule has 1 amide bonds. The van der Waals surface area contributed by atoms with Crippen molar-refractivity contribution in [1.82, 2.24) is 29.9 Å². The molecule has 1 aliphatic heterocycles. The summed E-state index contributed by atoms with van der Waals surface area (Å²) in [6.45, 7) is 1.32. The van der Waals surface area contributed by atoms with Gasteiger partial charge in [0.1, 0.15) is 5.82 Å². The molecule has 2 aromatic heterocycles. The van der Waals surface area contributed by atoms with Gasteiger partial charge in [-0.3, -0.25) is 14.5 Å². The van der Waals surface area contributed by atoms with Crippen LogP contribution < -0.4 is 5.69 Å². The minimum absolute atomic E-state index is 0.0441. The Morgan fingerprint density at radius 3 is 2.83 bits per heavy atom. The summed E-state index contributed by atoms with van der Waals surface area (Å²) >= 11 is 0. The SMILES string of the molecule is Cn1cc(C(=O)N2CCC[C@@H](c3n[nH]c(=O)[nH]3)C2)c(C2CC2)n1. The van der Waals surface area contributed by atoms with Crippen LogP contribution in [0.4, 0.5) is 0 Å². The highest BCUT2D eigenvalue weighted by molar-refractivity contribution is 5.95. The van der Waals surface area contributed by atoms with Crippen molar-refractivity contribution >= 4 is 5.91 Å². The lowest BCUT2D eigenvalue weighted by atomic mass is 9.96. The number of likely N-dealkylation sites (tertiary alicyclic amines) is 1. The fourth-order valence-corrected chi connectivity index (χ4v) is 3.36. The lowest BCUT2D eigenvalue weighted by Crippen LogP contribution is -2.39. The summed E-state index contributed by atoms with van der Waals surface area (Å²) in [6, 6.07) is 0. The van der Waals surface area contributed by atoms with Gasteiger partial charge in [-0.15, -0.1) is 0 Å². The summed E-state index contributed by atoms with van der Waals surface area (Å²) in [5, 5.41) is 10.9. The first-order chi connectivity index (χ1) is 11.1. The summed E-state index contributed by atoms with van der Waals surface area (Å²) in [7, 11) is 1.86. The van der Waals surface area contributed by atoms with Gasteiger partial charge in [0.15, 0.2) is 0 Å². The highest BCUT2D eigenvalue weighted by Crippen LogP contribution is 2.41. The quantitative estimate of drug-likeness (QED) is 0.872. The minimum atomic E-state index is -0.299. The van der Waals surface area contributed by atoms with Crippen LogP contribution in [0.1, 0.15) is 59.4 Å². The smallest absolute Gasteiger partial charge is 0.338 e. The Kier molecular flexibility index (Phi) is 3.32. The van der Waals surface area contributed by atoms with Crippen LogP contribution in [-0.4, -0.2) is 48.9 Å². The van der Waals surface area contributed by atoms with Crippen molar-refractivity contribution in [2.45, 2.75) is 37.5 Å². The highest BCUT2D eigenvalue weighted by atomic mass is 16.2. The van der Waals surface area contributed by atoms with Crippen LogP contribution in [0.15, 0.2) is 11.0 Å². The van der Waals surface area contributed by atoms with Gasteiger partial charge in [-0.05, 0) is 25.7 Å². The van der Waals surface area contributed by atoms with Crippen LogP contribution in [0.2, 0.25) is 0 Å². The molecule has 2 aromatic rings. The molecule has 0 aromatic carbocycles. The van der Waals surface area contributed by atoms with E-state index in [2.05, 4.69) is 20.3 Å². The Morgan fingerprint density at radius 1 is 1.30 bits per heavy atom. The molecule has 1 saturated carbocycles. The van der Waals surface area contributed by atoms with Crippen molar-refractivity contribution in [2.24, 2.45) is 7.05 Å². The van der Waals surface area contributed by atoms with Gasteiger partial charge in [-0.2, -0.15) is 10.2 Å². The zero-order chi connectivity index (χ0) is 16.0. The second kappa shape index (κ2) is 5.36. The topological polar surface area (TPSA) is 99.7 Å². The van der Waals surface area contributed by atoms with E-state index in [1.54, 1.807) is 4.68 Å². The molecule has 1 aliphatic carbocycles. The monoisotopic (exact) mass is 316 g/mol. The lowest BCUT2D eigenvalue weighted by molar-refractivity contribution is 0.0703.